The lowest BCUT2D eigenvalue weighted by atomic mass is 10.1. The summed E-state index contributed by atoms with van der Waals surface area (Å²) in [6.45, 7) is 11.3. The molecule has 1 amide bonds. The number of primary amides is 1. The predicted octanol–water partition coefficient (Wildman–Crippen LogP) is 2.62. The second-order valence-electron chi connectivity index (χ2n) is 7.01. The van der Waals surface area contributed by atoms with Crippen molar-refractivity contribution in [1.29, 1.82) is 5.26 Å². The Morgan fingerprint density at radius 3 is 2.63 bits per heavy atom. The number of rotatable bonds is 5. The minimum absolute atomic E-state index is 0.00631. The van der Waals surface area contributed by atoms with E-state index in [-0.39, 0.29) is 5.57 Å². The molecule has 0 unspecified atom stereocenters. The Morgan fingerprint density at radius 2 is 2.03 bits per heavy atom. The minimum Gasteiger partial charge on any atom is -0.378 e. The molecule has 30 heavy (non-hydrogen) atoms. The van der Waals surface area contributed by atoms with Crippen LogP contribution >= 0.6 is 11.3 Å². The number of allylic oxidation sites excluding steroid dienone is 3. The minimum atomic E-state index is -0.704. The molecule has 154 valence electrons. The van der Waals surface area contributed by atoms with Gasteiger partial charge in [-0.25, -0.2) is 0 Å². The van der Waals surface area contributed by atoms with Crippen LogP contribution in [-0.2, 0) is 9.53 Å². The maximum absolute atomic E-state index is 11.5. The summed E-state index contributed by atoms with van der Waals surface area (Å²) in [7, 11) is 0. The van der Waals surface area contributed by atoms with Crippen LogP contribution in [0.5, 0.6) is 0 Å². The van der Waals surface area contributed by atoms with Crippen LogP contribution in [0.15, 0.2) is 47.7 Å². The van der Waals surface area contributed by atoms with E-state index in [0.717, 1.165) is 52.1 Å². The number of ether oxygens (including phenoxy) is 1. The van der Waals surface area contributed by atoms with Crippen molar-refractivity contribution in [3.8, 4) is 16.5 Å². The Balaban J connectivity index is 1.91. The quantitative estimate of drug-likeness (QED) is 0.597. The maximum atomic E-state index is 11.5. The molecule has 5 nitrogen and oxygen atoms in total. The highest BCUT2D eigenvalue weighted by molar-refractivity contribution is 7.16. The first-order chi connectivity index (χ1) is 14.4. The average Bonchev–Trinajstić information content (AvgIpc) is 3.24. The summed E-state index contributed by atoms with van der Waals surface area (Å²) < 4.78 is 5.45. The number of hydrogen-bond donors (Lipinski definition) is 1. The van der Waals surface area contributed by atoms with Crippen molar-refractivity contribution in [3.63, 3.8) is 0 Å². The fourth-order valence-corrected chi connectivity index (χ4v) is 4.39. The molecule has 1 aromatic carbocycles. The maximum Gasteiger partial charge on any atom is 0.259 e. The summed E-state index contributed by atoms with van der Waals surface area (Å²) in [5.74, 6) is -0.704. The monoisotopic (exact) mass is 419 g/mol. The van der Waals surface area contributed by atoms with Gasteiger partial charge in [0.05, 0.1) is 13.2 Å². The van der Waals surface area contributed by atoms with Crippen LogP contribution in [0.2, 0.25) is 0 Å². The third kappa shape index (κ3) is 4.70. The van der Waals surface area contributed by atoms with Crippen molar-refractivity contribution in [2.75, 3.05) is 26.3 Å². The van der Waals surface area contributed by atoms with Crippen molar-refractivity contribution >= 4 is 35.5 Å². The van der Waals surface area contributed by atoms with E-state index in [1.807, 2.05) is 25.1 Å². The van der Waals surface area contributed by atoms with E-state index in [0.29, 0.717) is 5.57 Å². The molecular weight excluding hydrogens is 394 g/mol. The number of thiophene rings is 1. The molecular formula is C24H25N3O2S. The van der Waals surface area contributed by atoms with Gasteiger partial charge in [-0.15, -0.1) is 11.3 Å². The smallest absolute Gasteiger partial charge is 0.259 e. The highest BCUT2D eigenvalue weighted by Gasteiger charge is 2.13. The first-order valence-electron chi connectivity index (χ1n) is 9.75. The summed E-state index contributed by atoms with van der Waals surface area (Å²) in [6, 6.07) is 12.0. The molecule has 2 aromatic rings. The molecule has 1 aromatic heterocycles. The van der Waals surface area contributed by atoms with Gasteiger partial charge in [0.25, 0.3) is 5.91 Å². The van der Waals surface area contributed by atoms with Crippen LogP contribution in [0.3, 0.4) is 0 Å². The van der Waals surface area contributed by atoms with Gasteiger partial charge in [-0.05, 0) is 59.7 Å². The molecule has 3 rings (SSSR count). The van der Waals surface area contributed by atoms with E-state index in [1.165, 1.54) is 17.0 Å². The number of carbonyl (C=O) groups excluding carboxylic acids is 1. The zero-order valence-electron chi connectivity index (χ0n) is 17.3. The molecule has 2 N–H and O–H groups in total. The number of nitrogens with zero attached hydrogens (tertiary/aromatic N) is 2. The van der Waals surface area contributed by atoms with Gasteiger partial charge >= 0.3 is 0 Å². The molecule has 1 aliphatic heterocycles. The number of morpholine rings is 1. The third-order valence-electron chi connectivity index (χ3n) is 5.11. The average molecular weight is 420 g/mol. The second kappa shape index (κ2) is 9.57. The largest absolute Gasteiger partial charge is 0.378 e. The van der Waals surface area contributed by atoms with Gasteiger partial charge in [-0.1, -0.05) is 24.8 Å². The van der Waals surface area contributed by atoms with Gasteiger partial charge in [0, 0.05) is 28.5 Å². The van der Waals surface area contributed by atoms with Crippen LogP contribution < -0.4 is 16.2 Å². The van der Waals surface area contributed by atoms with E-state index >= 15 is 0 Å². The van der Waals surface area contributed by atoms with E-state index in [4.69, 9.17) is 10.5 Å². The summed E-state index contributed by atoms with van der Waals surface area (Å²) in [5, 5.41) is 11.2. The first kappa shape index (κ1) is 21.6. The summed E-state index contributed by atoms with van der Waals surface area (Å²) in [5.41, 5.74) is 8.12. The highest BCUT2D eigenvalue weighted by atomic mass is 32.1. The molecule has 0 aliphatic carbocycles. The lowest BCUT2D eigenvalue weighted by Crippen LogP contribution is -2.36. The molecule has 0 spiro atoms. The van der Waals surface area contributed by atoms with Gasteiger partial charge in [-0.3, -0.25) is 4.79 Å². The molecule has 0 radical (unpaired) electrons. The Hall–Kier alpha value is -3.14. The van der Waals surface area contributed by atoms with Crippen molar-refractivity contribution in [2.24, 2.45) is 5.73 Å². The summed E-state index contributed by atoms with van der Waals surface area (Å²) in [4.78, 5) is 15.7. The Bertz CT molecular complexity index is 1160. The standard InChI is InChI=1S/C24H25N3O2S/c1-4-20(27-9-11-29-12-10-27)14-18-5-6-19(13-16(18)2)23-8-7-22(30-23)17(3)21(15-25)24(26)28/h4-8,13-14H,2,9-12H2,1,3H3,(H2,26,28)/b18-14-,20-4+,21-17+. The van der Waals surface area contributed by atoms with Crippen LogP contribution in [0.25, 0.3) is 28.7 Å². The van der Waals surface area contributed by atoms with Crippen molar-refractivity contribution in [2.45, 2.75) is 13.8 Å². The van der Waals surface area contributed by atoms with E-state index in [9.17, 15) is 10.1 Å². The SMILES string of the molecule is C=c1cc(-c2ccc(/C(C)=C(\C#N)C(N)=O)s2)cc/c1=C/C(=C\C)N1CCOCC1. The van der Waals surface area contributed by atoms with Crippen LogP contribution in [0.4, 0.5) is 0 Å². The Kier molecular flexibility index (Phi) is 6.88. The van der Waals surface area contributed by atoms with Crippen LogP contribution in [0, 0.1) is 11.3 Å². The number of amides is 1. The van der Waals surface area contributed by atoms with Crippen LogP contribution in [-0.4, -0.2) is 37.1 Å². The van der Waals surface area contributed by atoms with Crippen molar-refractivity contribution in [3.05, 3.63) is 63.0 Å². The molecule has 2 heterocycles. The molecule has 1 saturated heterocycles. The fraction of sp³-hybridized carbons (Fsp3) is 0.250. The molecule has 1 fully saturated rings. The van der Waals surface area contributed by atoms with Gasteiger partial charge in [0.15, 0.2) is 0 Å². The summed E-state index contributed by atoms with van der Waals surface area (Å²) in [6.07, 6.45) is 4.28. The lowest BCUT2D eigenvalue weighted by molar-refractivity contribution is -0.114. The highest BCUT2D eigenvalue weighted by Crippen LogP contribution is 2.32. The third-order valence-corrected chi connectivity index (χ3v) is 6.37. The molecule has 0 bridgehead atoms. The normalized spacial score (nSPS) is 16.2. The molecule has 0 atom stereocenters. The van der Waals surface area contributed by atoms with Gasteiger partial charge in [0.1, 0.15) is 11.6 Å². The molecule has 1 aliphatic rings. The number of nitrogens with two attached hydrogens (primary N) is 1. The van der Waals surface area contributed by atoms with Crippen LogP contribution in [0.1, 0.15) is 18.7 Å². The number of nitriles is 1. The fourth-order valence-electron chi connectivity index (χ4n) is 3.38. The van der Waals surface area contributed by atoms with Gasteiger partial charge in [-0.2, -0.15) is 5.26 Å². The lowest BCUT2D eigenvalue weighted by Gasteiger charge is -2.29. The topological polar surface area (TPSA) is 79.3 Å². The zero-order chi connectivity index (χ0) is 21.7. The summed E-state index contributed by atoms with van der Waals surface area (Å²) >= 11 is 1.52. The molecule has 0 saturated carbocycles. The first-order valence-corrected chi connectivity index (χ1v) is 10.6. The van der Waals surface area contributed by atoms with Gasteiger partial charge < -0.3 is 15.4 Å². The Morgan fingerprint density at radius 1 is 1.30 bits per heavy atom. The van der Waals surface area contributed by atoms with Crippen molar-refractivity contribution < 1.29 is 9.53 Å². The van der Waals surface area contributed by atoms with E-state index in [1.54, 1.807) is 6.92 Å². The van der Waals surface area contributed by atoms with Crippen molar-refractivity contribution in [1.82, 2.24) is 4.90 Å². The van der Waals surface area contributed by atoms with E-state index < -0.39 is 5.91 Å². The number of hydrogen-bond acceptors (Lipinski definition) is 5. The number of carbonyl (C=O) groups is 1. The van der Waals surface area contributed by atoms with Gasteiger partial charge in [0.2, 0.25) is 0 Å². The second-order valence-corrected chi connectivity index (χ2v) is 8.09. The molecule has 6 heteroatoms. The predicted molar refractivity (Wildman–Crippen MR) is 123 cm³/mol. The Labute approximate surface area is 180 Å². The number of benzene rings is 1. The van der Waals surface area contributed by atoms with E-state index in [2.05, 4.69) is 41.8 Å². The zero-order valence-corrected chi connectivity index (χ0v) is 18.1.